The van der Waals surface area contributed by atoms with E-state index < -0.39 is 5.91 Å². The molecule has 0 fully saturated rings. The molecular formula is C25H27N3O3. The molecule has 1 aliphatic carbocycles. The summed E-state index contributed by atoms with van der Waals surface area (Å²) in [6.07, 6.45) is 1.35. The van der Waals surface area contributed by atoms with Crippen LogP contribution >= 0.6 is 0 Å². The third-order valence-electron chi connectivity index (χ3n) is 5.75. The summed E-state index contributed by atoms with van der Waals surface area (Å²) in [6.45, 7) is 6.23. The molecule has 1 amide bonds. The molecule has 1 heterocycles. The van der Waals surface area contributed by atoms with Gasteiger partial charge in [-0.3, -0.25) is 9.59 Å². The third kappa shape index (κ3) is 3.93. The number of rotatable bonds is 5. The van der Waals surface area contributed by atoms with E-state index >= 15 is 0 Å². The van der Waals surface area contributed by atoms with Crippen LogP contribution in [0.2, 0.25) is 0 Å². The fraction of sp³-hybridized carbons (Fsp3) is 0.280. The van der Waals surface area contributed by atoms with E-state index in [4.69, 9.17) is 10.5 Å². The number of nitrogens with two attached hydrogens (primary N) is 1. The van der Waals surface area contributed by atoms with Gasteiger partial charge in [0.05, 0.1) is 18.4 Å². The molecule has 0 saturated carbocycles. The molecule has 0 bridgehead atoms. The number of nitrogens with zero attached hydrogens (tertiary/aromatic N) is 1. The smallest absolute Gasteiger partial charge is 0.250 e. The maximum absolute atomic E-state index is 12.7. The van der Waals surface area contributed by atoms with Gasteiger partial charge in [0.15, 0.2) is 5.78 Å². The normalized spacial score (nSPS) is 14.8. The van der Waals surface area contributed by atoms with Gasteiger partial charge in [-0.1, -0.05) is 19.9 Å². The largest absolute Gasteiger partial charge is 0.497 e. The SMILES string of the molecule is COc1cccc(Nc2cc(-n3c(C)cc4c3CC(C)(C)CC4=O)ccc2C(N)=O)c1. The topological polar surface area (TPSA) is 86.3 Å². The Morgan fingerprint density at radius 1 is 1.13 bits per heavy atom. The van der Waals surface area contributed by atoms with Gasteiger partial charge in [0.2, 0.25) is 0 Å². The predicted octanol–water partition coefficient (Wildman–Crippen LogP) is 4.79. The lowest BCUT2D eigenvalue weighted by Gasteiger charge is -2.30. The van der Waals surface area contributed by atoms with Crippen LogP contribution < -0.4 is 15.8 Å². The monoisotopic (exact) mass is 417 g/mol. The molecule has 31 heavy (non-hydrogen) atoms. The molecule has 0 unspecified atom stereocenters. The van der Waals surface area contributed by atoms with E-state index in [0.717, 1.165) is 34.7 Å². The molecule has 3 aromatic rings. The number of hydrogen-bond acceptors (Lipinski definition) is 4. The Morgan fingerprint density at radius 3 is 2.61 bits per heavy atom. The molecule has 2 aromatic carbocycles. The van der Waals surface area contributed by atoms with Crippen LogP contribution in [0.3, 0.4) is 0 Å². The van der Waals surface area contributed by atoms with Gasteiger partial charge in [0.25, 0.3) is 5.91 Å². The number of carbonyl (C=O) groups is 2. The zero-order valence-electron chi connectivity index (χ0n) is 18.3. The summed E-state index contributed by atoms with van der Waals surface area (Å²) in [7, 11) is 1.61. The average molecular weight is 418 g/mol. The average Bonchev–Trinajstić information content (AvgIpc) is 3.03. The summed E-state index contributed by atoms with van der Waals surface area (Å²) in [4.78, 5) is 24.8. The number of carbonyl (C=O) groups excluding carboxylic acids is 2. The Morgan fingerprint density at radius 2 is 1.90 bits per heavy atom. The number of aryl methyl sites for hydroxylation is 1. The highest BCUT2D eigenvalue weighted by atomic mass is 16.5. The van der Waals surface area contributed by atoms with E-state index in [1.165, 1.54) is 0 Å². The Bertz CT molecular complexity index is 1190. The van der Waals surface area contributed by atoms with Crippen molar-refractivity contribution in [3.63, 3.8) is 0 Å². The number of ether oxygens (including phenoxy) is 1. The predicted molar refractivity (Wildman–Crippen MR) is 122 cm³/mol. The molecule has 0 saturated heterocycles. The van der Waals surface area contributed by atoms with Crippen molar-refractivity contribution < 1.29 is 14.3 Å². The van der Waals surface area contributed by atoms with Gasteiger partial charge < -0.3 is 20.4 Å². The zero-order chi connectivity index (χ0) is 22.3. The second kappa shape index (κ2) is 7.61. The summed E-state index contributed by atoms with van der Waals surface area (Å²) in [5.41, 5.74) is 11.0. The van der Waals surface area contributed by atoms with Gasteiger partial charge in [0.1, 0.15) is 5.75 Å². The number of aromatic nitrogens is 1. The second-order valence-electron chi connectivity index (χ2n) is 8.87. The second-order valence-corrected chi connectivity index (χ2v) is 8.87. The first kappa shape index (κ1) is 20.7. The van der Waals surface area contributed by atoms with Crippen molar-refractivity contribution in [3.05, 3.63) is 71.0 Å². The highest BCUT2D eigenvalue weighted by Gasteiger charge is 2.34. The first-order valence-electron chi connectivity index (χ1n) is 10.3. The first-order chi connectivity index (χ1) is 14.7. The van der Waals surface area contributed by atoms with Crippen molar-refractivity contribution in [1.29, 1.82) is 0 Å². The third-order valence-corrected chi connectivity index (χ3v) is 5.75. The van der Waals surface area contributed by atoms with Crippen molar-refractivity contribution in [3.8, 4) is 11.4 Å². The summed E-state index contributed by atoms with van der Waals surface area (Å²) in [6, 6.07) is 14.9. The van der Waals surface area contributed by atoms with Gasteiger partial charge in [-0.15, -0.1) is 0 Å². The highest BCUT2D eigenvalue weighted by Crippen LogP contribution is 2.38. The minimum atomic E-state index is -0.514. The van der Waals surface area contributed by atoms with Crippen LogP contribution in [0.15, 0.2) is 48.5 Å². The van der Waals surface area contributed by atoms with E-state index in [-0.39, 0.29) is 11.2 Å². The van der Waals surface area contributed by atoms with Gasteiger partial charge in [-0.25, -0.2) is 0 Å². The van der Waals surface area contributed by atoms with Crippen LogP contribution in [0, 0.1) is 12.3 Å². The fourth-order valence-electron chi connectivity index (χ4n) is 4.36. The number of ketones is 1. The zero-order valence-corrected chi connectivity index (χ0v) is 18.3. The van der Waals surface area contributed by atoms with Crippen molar-refractivity contribution in [1.82, 2.24) is 4.57 Å². The summed E-state index contributed by atoms with van der Waals surface area (Å²) in [5.74, 6) is 0.369. The molecule has 160 valence electrons. The molecule has 3 N–H and O–H groups in total. The Hall–Kier alpha value is -3.54. The number of Topliss-reactive ketones (excluding diaryl/α,β-unsaturated/α-hetero) is 1. The summed E-state index contributed by atoms with van der Waals surface area (Å²) in [5, 5.41) is 3.29. The van der Waals surface area contributed by atoms with Crippen LogP contribution in [0.1, 0.15) is 52.4 Å². The molecule has 6 heteroatoms. The lowest BCUT2D eigenvalue weighted by Crippen LogP contribution is -2.27. The Labute approximate surface area is 182 Å². The maximum atomic E-state index is 12.7. The van der Waals surface area contributed by atoms with Gasteiger partial charge >= 0.3 is 0 Å². The van der Waals surface area contributed by atoms with Crippen LogP contribution in [0.4, 0.5) is 11.4 Å². The fourth-order valence-corrected chi connectivity index (χ4v) is 4.36. The van der Waals surface area contributed by atoms with Crippen molar-refractivity contribution in [2.75, 3.05) is 12.4 Å². The number of benzene rings is 2. The number of fused-ring (bicyclic) bond motifs is 1. The van der Waals surface area contributed by atoms with Crippen LogP contribution in [0.25, 0.3) is 5.69 Å². The van der Waals surface area contributed by atoms with Crippen LogP contribution in [-0.4, -0.2) is 23.4 Å². The van der Waals surface area contributed by atoms with Gasteiger partial charge in [-0.05, 0) is 55.2 Å². The number of hydrogen-bond donors (Lipinski definition) is 2. The summed E-state index contributed by atoms with van der Waals surface area (Å²) >= 11 is 0. The molecule has 0 radical (unpaired) electrons. The van der Waals surface area contributed by atoms with E-state index in [1.807, 2.05) is 49.4 Å². The van der Waals surface area contributed by atoms with Crippen molar-refractivity contribution in [2.24, 2.45) is 11.1 Å². The number of primary amides is 1. The molecular weight excluding hydrogens is 390 g/mol. The molecule has 1 aliphatic rings. The standard InChI is InChI=1S/C25H27N3O3/c1-15-10-20-22(13-25(2,3)14-23(20)29)28(15)17-8-9-19(24(26)30)21(12-17)27-16-6-5-7-18(11-16)31-4/h5-12,27H,13-14H2,1-4H3,(H2,26,30). The molecule has 4 rings (SSSR count). The molecule has 0 atom stereocenters. The minimum absolute atomic E-state index is 0.0958. The molecule has 0 aliphatic heterocycles. The number of methoxy groups -OCH3 is 1. The van der Waals surface area contributed by atoms with Gasteiger partial charge in [-0.2, -0.15) is 0 Å². The molecule has 6 nitrogen and oxygen atoms in total. The maximum Gasteiger partial charge on any atom is 0.250 e. The van der Waals surface area contributed by atoms with E-state index in [9.17, 15) is 9.59 Å². The van der Waals surface area contributed by atoms with E-state index in [1.54, 1.807) is 13.2 Å². The van der Waals surface area contributed by atoms with Gasteiger partial charge in [0, 0.05) is 40.8 Å². The van der Waals surface area contributed by atoms with E-state index in [0.29, 0.717) is 23.4 Å². The van der Waals surface area contributed by atoms with Crippen molar-refractivity contribution in [2.45, 2.75) is 33.6 Å². The van der Waals surface area contributed by atoms with Crippen LogP contribution in [0.5, 0.6) is 5.75 Å². The minimum Gasteiger partial charge on any atom is -0.497 e. The number of nitrogens with one attached hydrogen (secondary N) is 1. The first-order valence-corrected chi connectivity index (χ1v) is 10.3. The number of amides is 1. The van der Waals surface area contributed by atoms with Crippen LogP contribution in [-0.2, 0) is 6.42 Å². The summed E-state index contributed by atoms with van der Waals surface area (Å²) < 4.78 is 7.40. The quantitative estimate of drug-likeness (QED) is 0.625. The number of anilines is 2. The van der Waals surface area contributed by atoms with E-state index in [2.05, 4.69) is 23.7 Å². The highest BCUT2D eigenvalue weighted by molar-refractivity contribution is 6.00. The molecule has 1 aromatic heterocycles. The lowest BCUT2D eigenvalue weighted by atomic mass is 9.76. The van der Waals surface area contributed by atoms with Crippen molar-refractivity contribution >= 4 is 23.1 Å². The Balaban J connectivity index is 1.82. The lowest BCUT2D eigenvalue weighted by molar-refractivity contribution is 0.0910. The Kier molecular flexibility index (Phi) is 5.09. The molecule has 0 spiro atoms.